The number of aliphatic hydroxyl groups is 1. The van der Waals surface area contributed by atoms with Crippen LogP contribution >= 0.6 is 0 Å². The fourth-order valence-electron chi connectivity index (χ4n) is 3.45. The largest absolute Gasteiger partial charge is 0.508 e. The number of benzene rings is 1. The summed E-state index contributed by atoms with van der Waals surface area (Å²) in [7, 11) is 0. The van der Waals surface area contributed by atoms with Gasteiger partial charge in [-0.25, -0.2) is 4.98 Å². The molecule has 2 atom stereocenters. The van der Waals surface area contributed by atoms with Crippen molar-refractivity contribution in [1.82, 2.24) is 15.2 Å². The minimum atomic E-state index is -1.19. The summed E-state index contributed by atoms with van der Waals surface area (Å²) in [6, 6.07) is 8.69. The molecule has 0 saturated carbocycles. The maximum absolute atomic E-state index is 12.5. The van der Waals surface area contributed by atoms with Crippen LogP contribution in [0.5, 0.6) is 5.75 Å². The van der Waals surface area contributed by atoms with Gasteiger partial charge in [-0.05, 0) is 36.8 Å². The highest BCUT2D eigenvalue weighted by Gasteiger charge is 2.25. The number of carbonyl (C=O) groups excluding carboxylic acids is 3. The van der Waals surface area contributed by atoms with Crippen molar-refractivity contribution in [2.45, 2.75) is 25.5 Å². The molecule has 0 radical (unpaired) electrons. The highest BCUT2D eigenvalue weighted by Crippen LogP contribution is 2.16. The monoisotopic (exact) mass is 441 g/mol. The predicted molar refractivity (Wildman–Crippen MR) is 117 cm³/mol. The van der Waals surface area contributed by atoms with Gasteiger partial charge in [-0.3, -0.25) is 14.4 Å². The van der Waals surface area contributed by atoms with Crippen LogP contribution in [0.1, 0.15) is 22.8 Å². The molecular weight excluding hydrogens is 414 g/mol. The van der Waals surface area contributed by atoms with Crippen LogP contribution in [-0.2, 0) is 16.0 Å². The fraction of sp³-hybridized carbons (Fsp3) is 0.364. The van der Waals surface area contributed by atoms with Crippen molar-refractivity contribution >= 4 is 23.5 Å². The predicted octanol–water partition coefficient (Wildman–Crippen LogP) is -0.357. The molecule has 3 rings (SSSR count). The van der Waals surface area contributed by atoms with Gasteiger partial charge in [0.1, 0.15) is 17.6 Å². The Morgan fingerprint density at radius 1 is 1.09 bits per heavy atom. The summed E-state index contributed by atoms with van der Waals surface area (Å²) in [4.78, 5) is 44.3. The molecule has 1 aliphatic rings. The molecule has 1 fully saturated rings. The minimum absolute atomic E-state index is 0.0254. The van der Waals surface area contributed by atoms with E-state index in [9.17, 15) is 24.6 Å². The molecule has 10 heteroatoms. The third-order valence-corrected chi connectivity index (χ3v) is 5.33. The van der Waals surface area contributed by atoms with E-state index in [4.69, 9.17) is 5.73 Å². The van der Waals surface area contributed by atoms with Crippen molar-refractivity contribution in [3.63, 3.8) is 0 Å². The maximum Gasteiger partial charge on any atom is 0.253 e. The number of nitrogens with zero attached hydrogens (tertiary/aromatic N) is 3. The van der Waals surface area contributed by atoms with E-state index in [1.54, 1.807) is 41.3 Å². The normalized spacial score (nSPS) is 15.7. The Labute approximate surface area is 185 Å². The van der Waals surface area contributed by atoms with Gasteiger partial charge in [-0.2, -0.15) is 0 Å². The van der Waals surface area contributed by atoms with Crippen molar-refractivity contribution in [2.75, 3.05) is 31.1 Å². The molecule has 3 amide bonds. The van der Waals surface area contributed by atoms with Crippen molar-refractivity contribution in [3.8, 4) is 5.75 Å². The number of piperazine rings is 1. The lowest BCUT2D eigenvalue weighted by molar-refractivity contribution is -0.130. The standard InChI is InChI=1S/C22H27N5O5/c1-14(28)20(21(23)31)25-22(32)16-4-7-18(24-13-16)26-8-10-27(11-9-26)19(30)12-15-2-5-17(29)6-3-15/h2-7,13-14,20,28-29H,8-12H2,1H3,(H2,23,31)(H,25,32). The summed E-state index contributed by atoms with van der Waals surface area (Å²) in [5.74, 6) is -0.512. The van der Waals surface area contributed by atoms with Crippen LogP contribution in [0.2, 0.25) is 0 Å². The molecule has 170 valence electrons. The first-order valence-electron chi connectivity index (χ1n) is 10.3. The Kier molecular flexibility index (Phi) is 7.26. The lowest BCUT2D eigenvalue weighted by atomic mass is 10.1. The summed E-state index contributed by atoms with van der Waals surface area (Å²) in [5.41, 5.74) is 6.28. The van der Waals surface area contributed by atoms with Crippen LogP contribution in [0, 0.1) is 0 Å². The zero-order chi connectivity index (χ0) is 23.3. The first kappa shape index (κ1) is 23.0. The molecule has 1 aromatic heterocycles. The SMILES string of the molecule is CC(O)C(NC(=O)c1ccc(N2CCN(C(=O)Cc3ccc(O)cc3)CC2)nc1)C(N)=O. The molecule has 0 spiro atoms. The molecule has 2 heterocycles. The Morgan fingerprint density at radius 3 is 2.28 bits per heavy atom. The van der Waals surface area contributed by atoms with Crippen LogP contribution in [0.3, 0.4) is 0 Å². The van der Waals surface area contributed by atoms with E-state index in [1.807, 2.05) is 4.90 Å². The molecule has 2 aromatic rings. The number of carbonyl (C=O) groups is 3. The molecule has 1 aliphatic heterocycles. The third-order valence-electron chi connectivity index (χ3n) is 5.33. The van der Waals surface area contributed by atoms with Gasteiger partial charge in [0.15, 0.2) is 0 Å². The van der Waals surface area contributed by atoms with Gasteiger partial charge in [0.05, 0.1) is 18.1 Å². The number of phenols is 1. The second-order valence-corrected chi connectivity index (χ2v) is 7.71. The van der Waals surface area contributed by atoms with Crippen LogP contribution in [0.15, 0.2) is 42.6 Å². The number of aromatic nitrogens is 1. The number of nitrogens with one attached hydrogen (secondary N) is 1. The molecule has 32 heavy (non-hydrogen) atoms. The number of hydrogen-bond acceptors (Lipinski definition) is 7. The van der Waals surface area contributed by atoms with Crippen LogP contribution in [0.4, 0.5) is 5.82 Å². The molecule has 1 aromatic carbocycles. The summed E-state index contributed by atoms with van der Waals surface area (Å²) < 4.78 is 0. The minimum Gasteiger partial charge on any atom is -0.508 e. The van der Waals surface area contributed by atoms with Gasteiger partial charge < -0.3 is 31.1 Å². The lowest BCUT2D eigenvalue weighted by Crippen LogP contribution is -2.50. The second kappa shape index (κ2) is 10.1. The zero-order valence-electron chi connectivity index (χ0n) is 17.8. The number of pyridine rings is 1. The number of amides is 3. The van der Waals surface area contributed by atoms with E-state index >= 15 is 0 Å². The third kappa shape index (κ3) is 5.73. The van der Waals surface area contributed by atoms with Gasteiger partial charge in [-0.1, -0.05) is 12.1 Å². The van der Waals surface area contributed by atoms with E-state index in [2.05, 4.69) is 10.3 Å². The van der Waals surface area contributed by atoms with Gasteiger partial charge >= 0.3 is 0 Å². The van der Waals surface area contributed by atoms with Gasteiger partial charge in [0, 0.05) is 32.4 Å². The molecular formula is C22H27N5O5. The Balaban J connectivity index is 1.53. The van der Waals surface area contributed by atoms with Crippen molar-refractivity contribution in [3.05, 3.63) is 53.7 Å². The molecule has 2 unspecified atom stereocenters. The first-order chi connectivity index (χ1) is 15.2. The number of anilines is 1. The van der Waals surface area contributed by atoms with Gasteiger partial charge in [0.2, 0.25) is 11.8 Å². The Bertz CT molecular complexity index is 954. The number of phenolic OH excluding ortho intramolecular Hbond substituents is 1. The number of primary amides is 1. The topological polar surface area (TPSA) is 149 Å². The summed E-state index contributed by atoms with van der Waals surface area (Å²) in [6.07, 6.45) is 0.561. The molecule has 0 bridgehead atoms. The summed E-state index contributed by atoms with van der Waals surface area (Å²) in [5, 5.41) is 21.3. The van der Waals surface area contributed by atoms with Crippen LogP contribution in [-0.4, -0.2) is 76.1 Å². The number of nitrogens with two attached hydrogens (primary N) is 1. The highest BCUT2D eigenvalue weighted by atomic mass is 16.3. The molecule has 1 saturated heterocycles. The number of hydrogen-bond donors (Lipinski definition) is 4. The lowest BCUT2D eigenvalue weighted by Gasteiger charge is -2.35. The van der Waals surface area contributed by atoms with Crippen molar-refractivity contribution in [1.29, 1.82) is 0 Å². The van der Waals surface area contributed by atoms with E-state index in [0.29, 0.717) is 32.0 Å². The van der Waals surface area contributed by atoms with Gasteiger partial charge in [-0.15, -0.1) is 0 Å². The molecule has 0 aliphatic carbocycles. The quantitative estimate of drug-likeness (QED) is 0.458. The van der Waals surface area contributed by atoms with Crippen LogP contribution in [0.25, 0.3) is 0 Å². The van der Waals surface area contributed by atoms with Crippen LogP contribution < -0.4 is 16.0 Å². The average Bonchev–Trinajstić information content (AvgIpc) is 2.78. The summed E-state index contributed by atoms with van der Waals surface area (Å²) in [6.45, 7) is 3.68. The second-order valence-electron chi connectivity index (χ2n) is 7.71. The fourth-order valence-corrected chi connectivity index (χ4v) is 3.45. The zero-order valence-corrected chi connectivity index (χ0v) is 17.8. The number of rotatable bonds is 7. The number of aliphatic hydroxyl groups excluding tert-OH is 1. The van der Waals surface area contributed by atoms with Crippen molar-refractivity contribution < 1.29 is 24.6 Å². The van der Waals surface area contributed by atoms with E-state index in [1.165, 1.54) is 13.1 Å². The molecule has 10 nitrogen and oxygen atoms in total. The average molecular weight is 441 g/mol. The first-order valence-corrected chi connectivity index (χ1v) is 10.3. The highest BCUT2D eigenvalue weighted by molar-refractivity contribution is 5.97. The van der Waals surface area contributed by atoms with E-state index in [-0.39, 0.29) is 23.6 Å². The number of aromatic hydroxyl groups is 1. The maximum atomic E-state index is 12.5. The Morgan fingerprint density at radius 2 is 1.75 bits per heavy atom. The smallest absolute Gasteiger partial charge is 0.253 e. The van der Waals surface area contributed by atoms with E-state index < -0.39 is 24.0 Å². The van der Waals surface area contributed by atoms with E-state index in [0.717, 1.165) is 5.56 Å². The Hall–Kier alpha value is -3.66. The van der Waals surface area contributed by atoms with Gasteiger partial charge in [0.25, 0.3) is 5.91 Å². The summed E-state index contributed by atoms with van der Waals surface area (Å²) >= 11 is 0. The molecule has 5 N–H and O–H groups in total. The van der Waals surface area contributed by atoms with Crippen molar-refractivity contribution in [2.24, 2.45) is 5.73 Å².